The zero-order valence-electron chi connectivity index (χ0n) is 11.3. The lowest BCUT2D eigenvalue weighted by Crippen LogP contribution is -2.35. The Labute approximate surface area is 118 Å². The third-order valence-corrected chi connectivity index (χ3v) is 4.98. The Morgan fingerprint density at radius 1 is 1.50 bits per heavy atom. The van der Waals surface area contributed by atoms with Gasteiger partial charge in [-0.3, -0.25) is 4.79 Å². The molecule has 0 radical (unpaired) electrons. The molecule has 1 N–H and O–H groups in total. The standard InChI is InChI=1S/C13H18N2O4S/c1-11-3-4-12(19-11)5-6-13(16)14-7-9-15-8-2-10-20(15,17)18/h3-6H,2,7-10H2,1H3,(H,14,16)/b6-5-. The van der Waals surface area contributed by atoms with E-state index in [4.69, 9.17) is 4.42 Å². The van der Waals surface area contributed by atoms with Crippen molar-refractivity contribution in [3.8, 4) is 0 Å². The number of nitrogens with one attached hydrogen (secondary N) is 1. The van der Waals surface area contributed by atoms with Crippen LogP contribution in [0.3, 0.4) is 0 Å². The molecular weight excluding hydrogens is 280 g/mol. The van der Waals surface area contributed by atoms with Crippen molar-refractivity contribution in [2.75, 3.05) is 25.4 Å². The first kappa shape index (κ1) is 14.8. The summed E-state index contributed by atoms with van der Waals surface area (Å²) in [6.45, 7) is 3.00. The number of amides is 1. The summed E-state index contributed by atoms with van der Waals surface area (Å²) in [5.41, 5.74) is 0. The number of aryl methyl sites for hydroxylation is 1. The summed E-state index contributed by atoms with van der Waals surface area (Å²) in [6.07, 6.45) is 3.61. The van der Waals surface area contributed by atoms with Crippen molar-refractivity contribution in [2.24, 2.45) is 0 Å². The zero-order chi connectivity index (χ0) is 14.6. The van der Waals surface area contributed by atoms with Crippen LogP contribution in [0.5, 0.6) is 0 Å². The van der Waals surface area contributed by atoms with Crippen LogP contribution in [-0.4, -0.2) is 44.0 Å². The SMILES string of the molecule is Cc1ccc(/C=C\C(=O)NCCN2CCCS2(=O)=O)o1. The Balaban J connectivity index is 1.74. The van der Waals surface area contributed by atoms with Gasteiger partial charge < -0.3 is 9.73 Å². The molecule has 1 saturated heterocycles. The van der Waals surface area contributed by atoms with Gasteiger partial charge in [0.15, 0.2) is 0 Å². The molecule has 7 heteroatoms. The van der Waals surface area contributed by atoms with E-state index in [1.165, 1.54) is 10.4 Å². The van der Waals surface area contributed by atoms with E-state index in [-0.39, 0.29) is 11.7 Å². The molecule has 0 spiro atoms. The summed E-state index contributed by atoms with van der Waals surface area (Å²) in [6, 6.07) is 3.59. The van der Waals surface area contributed by atoms with E-state index < -0.39 is 10.0 Å². The van der Waals surface area contributed by atoms with Gasteiger partial charge in [0.25, 0.3) is 0 Å². The number of hydrogen-bond donors (Lipinski definition) is 1. The van der Waals surface area contributed by atoms with E-state index >= 15 is 0 Å². The number of carbonyl (C=O) groups excluding carboxylic acids is 1. The lowest BCUT2D eigenvalue weighted by atomic mass is 10.4. The Hall–Kier alpha value is -1.60. The maximum atomic E-state index is 11.6. The molecule has 1 aliphatic rings. The number of nitrogens with zero attached hydrogens (tertiary/aromatic N) is 1. The van der Waals surface area contributed by atoms with Gasteiger partial charge in [0.1, 0.15) is 11.5 Å². The monoisotopic (exact) mass is 298 g/mol. The fourth-order valence-electron chi connectivity index (χ4n) is 2.01. The van der Waals surface area contributed by atoms with Crippen LogP contribution >= 0.6 is 0 Å². The van der Waals surface area contributed by atoms with Gasteiger partial charge in [-0.15, -0.1) is 0 Å². The zero-order valence-corrected chi connectivity index (χ0v) is 12.1. The Morgan fingerprint density at radius 3 is 2.90 bits per heavy atom. The number of furan rings is 1. The summed E-state index contributed by atoms with van der Waals surface area (Å²) in [5.74, 6) is 1.33. The summed E-state index contributed by atoms with van der Waals surface area (Å²) < 4.78 is 29.8. The molecule has 0 unspecified atom stereocenters. The number of hydrogen-bond acceptors (Lipinski definition) is 4. The maximum Gasteiger partial charge on any atom is 0.244 e. The smallest absolute Gasteiger partial charge is 0.244 e. The molecule has 2 rings (SSSR count). The fourth-order valence-corrected chi connectivity index (χ4v) is 3.53. The molecule has 1 aromatic heterocycles. The number of rotatable bonds is 5. The van der Waals surface area contributed by atoms with Gasteiger partial charge in [-0.25, -0.2) is 12.7 Å². The third kappa shape index (κ3) is 3.94. The van der Waals surface area contributed by atoms with Crippen molar-refractivity contribution in [1.82, 2.24) is 9.62 Å². The van der Waals surface area contributed by atoms with Crippen molar-refractivity contribution in [2.45, 2.75) is 13.3 Å². The van der Waals surface area contributed by atoms with Crippen LogP contribution in [0.1, 0.15) is 17.9 Å². The largest absolute Gasteiger partial charge is 0.462 e. The number of sulfonamides is 1. The first-order valence-corrected chi connectivity index (χ1v) is 8.08. The van der Waals surface area contributed by atoms with Crippen molar-refractivity contribution >= 4 is 22.0 Å². The molecular formula is C13H18N2O4S. The molecule has 0 bridgehead atoms. The van der Waals surface area contributed by atoms with E-state index in [1.807, 2.05) is 13.0 Å². The minimum Gasteiger partial charge on any atom is -0.462 e. The van der Waals surface area contributed by atoms with Gasteiger partial charge in [0.05, 0.1) is 5.75 Å². The topological polar surface area (TPSA) is 79.6 Å². The van der Waals surface area contributed by atoms with Gasteiger partial charge in [0.2, 0.25) is 15.9 Å². The first-order valence-electron chi connectivity index (χ1n) is 6.47. The van der Waals surface area contributed by atoms with Crippen LogP contribution in [0.15, 0.2) is 22.6 Å². The molecule has 1 aliphatic heterocycles. The summed E-state index contributed by atoms with van der Waals surface area (Å²) >= 11 is 0. The van der Waals surface area contributed by atoms with Gasteiger partial charge in [-0.2, -0.15) is 0 Å². The predicted octanol–water partition coefficient (Wildman–Crippen LogP) is 0.753. The third-order valence-electron chi connectivity index (χ3n) is 3.02. The molecule has 0 aliphatic carbocycles. The van der Waals surface area contributed by atoms with Gasteiger partial charge in [-0.05, 0) is 31.6 Å². The minimum atomic E-state index is -3.09. The van der Waals surface area contributed by atoms with Crippen molar-refractivity contribution in [1.29, 1.82) is 0 Å². The Morgan fingerprint density at radius 2 is 2.30 bits per heavy atom. The second kappa shape index (κ2) is 6.23. The average molecular weight is 298 g/mol. The Bertz CT molecular complexity index is 604. The van der Waals surface area contributed by atoms with Crippen LogP contribution < -0.4 is 5.32 Å². The van der Waals surface area contributed by atoms with Crippen molar-refractivity contribution in [3.63, 3.8) is 0 Å². The summed E-state index contributed by atoms with van der Waals surface area (Å²) in [7, 11) is -3.09. The van der Waals surface area contributed by atoms with Gasteiger partial charge in [-0.1, -0.05) is 0 Å². The second-order valence-corrected chi connectivity index (χ2v) is 6.73. The van der Waals surface area contributed by atoms with Crippen LogP contribution in [0.25, 0.3) is 6.08 Å². The van der Waals surface area contributed by atoms with E-state index in [1.54, 1.807) is 12.1 Å². The van der Waals surface area contributed by atoms with Crippen LogP contribution in [0.2, 0.25) is 0 Å². The highest BCUT2D eigenvalue weighted by atomic mass is 32.2. The predicted molar refractivity (Wildman–Crippen MR) is 75.5 cm³/mol. The maximum absolute atomic E-state index is 11.6. The molecule has 20 heavy (non-hydrogen) atoms. The first-order chi connectivity index (χ1) is 9.47. The lowest BCUT2D eigenvalue weighted by molar-refractivity contribution is -0.116. The average Bonchev–Trinajstić information content (AvgIpc) is 2.93. The second-order valence-electron chi connectivity index (χ2n) is 4.64. The van der Waals surface area contributed by atoms with Crippen LogP contribution in [0, 0.1) is 6.92 Å². The van der Waals surface area contributed by atoms with E-state index in [0.29, 0.717) is 31.8 Å². The van der Waals surface area contributed by atoms with Gasteiger partial charge >= 0.3 is 0 Å². The van der Waals surface area contributed by atoms with Crippen LogP contribution in [0.4, 0.5) is 0 Å². The summed E-state index contributed by atoms with van der Waals surface area (Å²) in [4.78, 5) is 11.6. The fraction of sp³-hybridized carbons (Fsp3) is 0.462. The van der Waals surface area contributed by atoms with Crippen molar-refractivity contribution < 1.29 is 17.6 Å². The normalized spacial score (nSPS) is 18.6. The molecule has 0 saturated carbocycles. The van der Waals surface area contributed by atoms with Crippen molar-refractivity contribution in [3.05, 3.63) is 29.7 Å². The molecule has 2 heterocycles. The van der Waals surface area contributed by atoms with E-state index in [2.05, 4.69) is 5.32 Å². The quantitative estimate of drug-likeness (QED) is 0.814. The molecule has 1 fully saturated rings. The highest BCUT2D eigenvalue weighted by molar-refractivity contribution is 7.89. The molecule has 6 nitrogen and oxygen atoms in total. The van der Waals surface area contributed by atoms with Gasteiger partial charge in [0, 0.05) is 25.7 Å². The Kier molecular flexibility index (Phi) is 4.61. The highest BCUT2D eigenvalue weighted by Gasteiger charge is 2.27. The summed E-state index contributed by atoms with van der Waals surface area (Å²) in [5, 5.41) is 2.65. The molecule has 0 aromatic carbocycles. The molecule has 110 valence electrons. The highest BCUT2D eigenvalue weighted by Crippen LogP contribution is 2.11. The molecule has 0 atom stereocenters. The molecule has 1 aromatic rings. The lowest BCUT2D eigenvalue weighted by Gasteiger charge is -2.13. The van der Waals surface area contributed by atoms with E-state index in [9.17, 15) is 13.2 Å². The number of carbonyl (C=O) groups is 1. The molecule has 1 amide bonds. The van der Waals surface area contributed by atoms with E-state index in [0.717, 1.165) is 5.76 Å². The van der Waals surface area contributed by atoms with Crippen LogP contribution in [-0.2, 0) is 14.8 Å². The minimum absolute atomic E-state index is 0.207.